The van der Waals surface area contributed by atoms with Crippen molar-refractivity contribution in [3.05, 3.63) is 135 Å². The van der Waals surface area contributed by atoms with Crippen LogP contribution in [0, 0.1) is 48.0 Å². The molecule has 0 radical (unpaired) electrons. The van der Waals surface area contributed by atoms with Crippen molar-refractivity contribution in [2.24, 2.45) is 4.99 Å². The van der Waals surface area contributed by atoms with Crippen LogP contribution in [0.4, 0.5) is 46.0 Å². The van der Waals surface area contributed by atoms with Crippen LogP contribution in [0.5, 0.6) is 17.2 Å². The number of carbonyl (C=O) groups excluding carboxylic acids is 9. The Morgan fingerprint density at radius 2 is 1.10 bits per heavy atom. The summed E-state index contributed by atoms with van der Waals surface area (Å²) < 4.78 is 87.0. The van der Waals surface area contributed by atoms with E-state index in [0.717, 1.165) is 133 Å². The lowest BCUT2D eigenvalue weighted by atomic mass is 9.93. The van der Waals surface area contributed by atoms with Crippen LogP contribution >= 0.6 is 57.9 Å². The lowest BCUT2D eigenvalue weighted by Crippen LogP contribution is -2.39. The van der Waals surface area contributed by atoms with Gasteiger partial charge in [-0.15, -0.1) is 24.6 Å². The van der Waals surface area contributed by atoms with Gasteiger partial charge in [0.15, 0.2) is 25.1 Å². The van der Waals surface area contributed by atoms with Gasteiger partial charge in [-0.05, 0) is 145 Å². The van der Waals surface area contributed by atoms with Gasteiger partial charge in [-0.3, -0.25) is 52.7 Å². The van der Waals surface area contributed by atoms with Gasteiger partial charge in [-0.1, -0.05) is 66.4 Å². The fourth-order valence-electron chi connectivity index (χ4n) is 12.5. The second-order valence-corrected chi connectivity index (χ2v) is 27.7. The summed E-state index contributed by atoms with van der Waals surface area (Å²) in [4.78, 5) is 132. The molecule has 8 aliphatic rings. The predicted octanol–water partition coefficient (Wildman–Crippen LogP) is 12.7. The van der Waals surface area contributed by atoms with Gasteiger partial charge in [-0.2, -0.15) is 0 Å². The lowest BCUT2D eigenvalue weighted by molar-refractivity contribution is -0.146. The van der Waals surface area contributed by atoms with Crippen molar-refractivity contribution < 1.29 is 84.4 Å². The number of hydrogen-bond donors (Lipinski definition) is 0. The Kier molecular flexibility index (Phi) is 25.5. The Balaban J connectivity index is 0.000000149. The maximum absolute atomic E-state index is 14.7. The number of esters is 2. The topological polar surface area (TPSA) is 252 Å². The van der Waals surface area contributed by atoms with Gasteiger partial charge < -0.3 is 23.7 Å². The summed E-state index contributed by atoms with van der Waals surface area (Å²) in [5.74, 6) is -2.11. The number of halogens is 7. The molecule has 0 spiro atoms. The first-order chi connectivity index (χ1) is 49.9. The number of hydrogen-bond acceptors (Lipinski definition) is 18. The number of ether oxygens (including phenoxy) is 5. The molecule has 6 heterocycles. The van der Waals surface area contributed by atoms with Crippen molar-refractivity contribution in [2.75, 3.05) is 58.8 Å². The third-order valence-corrected chi connectivity index (χ3v) is 20.6. The first-order valence-electron chi connectivity index (χ1n) is 33.4. The minimum absolute atomic E-state index is 0.000883. The predicted molar refractivity (Wildman–Crippen MR) is 380 cm³/mol. The Morgan fingerprint density at radius 1 is 0.615 bits per heavy atom. The van der Waals surface area contributed by atoms with E-state index in [0.29, 0.717) is 101 Å². The molecule has 22 nitrogen and oxygen atoms in total. The molecule has 104 heavy (non-hydrogen) atoms. The van der Waals surface area contributed by atoms with Crippen molar-refractivity contribution in [1.82, 2.24) is 9.36 Å². The number of fused-ring (bicyclic) bond motifs is 2. The molecule has 0 bridgehead atoms. The summed E-state index contributed by atoms with van der Waals surface area (Å²) in [7, 11) is 1.30. The van der Waals surface area contributed by atoms with Gasteiger partial charge in [0.05, 0.1) is 63.8 Å². The number of nitrogens with zero attached hydrogens (tertiary/aromatic N) is 7. The molecule has 4 aromatic carbocycles. The fraction of sp³-hybridized carbons (Fsp3) is 0.384. The van der Waals surface area contributed by atoms with Crippen LogP contribution in [0.25, 0.3) is 0 Å². The van der Waals surface area contributed by atoms with E-state index in [4.69, 9.17) is 66.6 Å². The third kappa shape index (κ3) is 16.9. The summed E-state index contributed by atoms with van der Waals surface area (Å²) in [6, 6.07) is 9.43. The number of anilines is 4. The molecule has 7 amide bonds. The molecule has 1 atom stereocenters. The highest BCUT2D eigenvalue weighted by Crippen LogP contribution is 2.45. The summed E-state index contributed by atoms with van der Waals surface area (Å²) >= 11 is 20.2. The van der Waals surface area contributed by atoms with Gasteiger partial charge in [-0.25, -0.2) is 46.7 Å². The number of benzene rings is 4. The zero-order valence-electron chi connectivity index (χ0n) is 56.5. The molecule has 3 aliphatic carbocycles. The van der Waals surface area contributed by atoms with E-state index in [1.54, 1.807) is 16.3 Å². The second kappa shape index (κ2) is 34.4. The molecule has 31 heteroatoms. The van der Waals surface area contributed by atoms with E-state index in [1.165, 1.54) is 36.3 Å². The monoisotopic (exact) mass is 1530 g/mol. The average Bonchev–Trinajstić information content (AvgIpc) is 0.823. The zero-order valence-corrected chi connectivity index (χ0v) is 60.4. The van der Waals surface area contributed by atoms with Crippen molar-refractivity contribution in [1.29, 1.82) is 0 Å². The molecule has 0 saturated carbocycles. The smallest absolute Gasteiger partial charge is 0.344 e. The van der Waals surface area contributed by atoms with E-state index in [2.05, 4.69) is 21.6 Å². The van der Waals surface area contributed by atoms with Crippen LogP contribution in [0.1, 0.15) is 123 Å². The third-order valence-electron chi connectivity index (χ3n) is 17.7. The molecule has 0 N–H and O–H groups in total. The Hall–Kier alpha value is -9.45. The quantitative estimate of drug-likeness (QED) is 0.0209. The second-order valence-electron chi connectivity index (χ2n) is 24.5. The number of imide groups is 3. The summed E-state index contributed by atoms with van der Waals surface area (Å²) in [5.41, 5.74) is 2.56. The van der Waals surface area contributed by atoms with Gasteiger partial charge in [0.2, 0.25) is 4.80 Å². The minimum Gasteiger partial charge on any atom is -0.481 e. The standard InChI is InChI=1S/C21H23ClFNO5.C19H15FN2O4.C18H15ClFNO3.C15H15ClFN3O3S2/c1-2-3-6-9-28-19(25)12-29-18-11-17(16(23)10-15(18)22)24-20(26)13-7-4-5-8-14(13)21(24)27;1-2-7-21-15-9-14(13(20)8-16(15)26-10-17(21)23)22-18(24)11-5-3-4-6-12(11)19(22)25;1-3-10(2)24-16-9-15(14(20)8-13(16)19)21-17(22)11-6-4-5-7-12(11)18(21)23;1-23-13(21)8-24-12-7-11(10(17)6-9(12)16)18-14-19-4-2-3-5-20(19)15(22)25-14/h10-11H,2-9,12H2,1H3;1,8-9H,3-7,10H2;1,8-10H,4-7H2,2H3;6-7H,2-5,8H2,1H3. The van der Waals surface area contributed by atoms with Gasteiger partial charge in [0.25, 0.3) is 41.4 Å². The van der Waals surface area contributed by atoms with Crippen molar-refractivity contribution in [2.45, 2.75) is 147 Å². The van der Waals surface area contributed by atoms with E-state index in [9.17, 15) is 65.5 Å². The van der Waals surface area contributed by atoms with Crippen LogP contribution in [0.3, 0.4) is 0 Å². The highest BCUT2D eigenvalue weighted by Gasteiger charge is 2.45. The van der Waals surface area contributed by atoms with Gasteiger partial charge >= 0.3 is 16.8 Å². The molecule has 0 saturated heterocycles. The Morgan fingerprint density at radius 3 is 1.60 bits per heavy atom. The van der Waals surface area contributed by atoms with Gasteiger partial charge in [0.1, 0.15) is 40.4 Å². The van der Waals surface area contributed by atoms with Crippen LogP contribution in [-0.2, 0) is 65.7 Å². The highest BCUT2D eigenvalue weighted by molar-refractivity contribution is 8.00. The molecule has 0 fully saturated rings. The van der Waals surface area contributed by atoms with E-state index in [1.807, 2.05) is 6.92 Å². The first-order valence-corrected chi connectivity index (χ1v) is 36.3. The molecular weight excluding hydrogens is 1460 g/mol. The van der Waals surface area contributed by atoms with E-state index < -0.39 is 83.4 Å². The number of terminal acetylenes is 2. The van der Waals surface area contributed by atoms with Crippen LogP contribution in [-0.4, -0.2) is 108 Å². The molecule has 5 aliphatic heterocycles. The molecule has 13 rings (SSSR count). The van der Waals surface area contributed by atoms with Crippen LogP contribution in [0.15, 0.2) is 96.7 Å². The van der Waals surface area contributed by atoms with Crippen molar-refractivity contribution in [3.63, 3.8) is 0 Å². The number of carbonyl (C=O) groups is 9. The number of aromatic nitrogens is 2. The van der Waals surface area contributed by atoms with E-state index >= 15 is 0 Å². The summed E-state index contributed by atoms with van der Waals surface area (Å²) in [6.07, 6.45) is 22.8. The minimum atomic E-state index is -0.814. The molecule has 5 aromatic rings. The highest BCUT2D eigenvalue weighted by atomic mass is 35.5. The van der Waals surface area contributed by atoms with Crippen molar-refractivity contribution in [3.8, 4) is 41.9 Å². The SMILES string of the molecule is C#CC(C)Oc1cc(N2C(=O)C3=C(CCCC3)C2=O)c(F)cc1Cl.C#CCN1C(=O)COc2cc(F)c(N3C(=O)C4=C(CCCC4)C3=O)cc21.CCCCCOC(=O)COc1cc(N2C(=O)C3=C(CCCC3)C2=O)c(F)cc1Cl.COC(=O)CSc1cc(N=c2sc(=O)n3n2CCCC3)c(F)cc1Cl. The fourth-order valence-corrected chi connectivity index (χ4v) is 14.9. The van der Waals surface area contributed by atoms with E-state index in [-0.39, 0.29) is 90.4 Å². The van der Waals surface area contributed by atoms with Crippen LogP contribution in [0.2, 0.25) is 15.1 Å². The zero-order chi connectivity index (χ0) is 74.8. The Labute approximate surface area is 617 Å². The number of methoxy groups -OCH3 is 1. The van der Waals surface area contributed by atoms with Gasteiger partial charge in [0, 0.05) is 69.6 Å². The number of rotatable bonds is 17. The summed E-state index contributed by atoms with van der Waals surface area (Å²) in [6.45, 7) is 4.62. The molecule has 1 aromatic heterocycles. The van der Waals surface area contributed by atoms with Crippen molar-refractivity contribution >= 4 is 140 Å². The number of amides is 7. The first kappa shape index (κ1) is 77.2. The number of unbranched alkanes of at least 4 members (excludes halogenated alkanes) is 2. The lowest BCUT2D eigenvalue weighted by Gasteiger charge is -2.29. The molecular formula is C73H68Cl3F4N7O15S2. The van der Waals surface area contributed by atoms with Crippen LogP contribution < -0.4 is 43.5 Å². The largest absolute Gasteiger partial charge is 0.481 e. The molecule has 1 unspecified atom stereocenters. The Bertz CT molecular complexity index is 4620. The maximum Gasteiger partial charge on any atom is 0.344 e. The average molecular weight is 1530 g/mol. The molecule has 546 valence electrons. The normalized spacial score (nSPS) is 17.1. The number of thioether (sulfide) groups is 1. The maximum atomic E-state index is 14.7. The summed E-state index contributed by atoms with van der Waals surface area (Å²) in [5, 5.41) is 0.155.